The highest BCUT2D eigenvalue weighted by Gasteiger charge is 2.14. The predicted octanol–water partition coefficient (Wildman–Crippen LogP) is 3.71. The summed E-state index contributed by atoms with van der Waals surface area (Å²) in [7, 11) is 3.33. The zero-order valence-electron chi connectivity index (χ0n) is 11.6. The lowest BCUT2D eigenvalue weighted by atomic mass is 9.98. The second kappa shape index (κ2) is 6.77. The third-order valence-corrected chi connectivity index (χ3v) is 3.72. The molecule has 1 atom stereocenters. The Kier molecular flexibility index (Phi) is 5.04. The first-order valence-electron chi connectivity index (χ1n) is 6.36. The van der Waals surface area contributed by atoms with Crippen LogP contribution in [-0.4, -0.2) is 14.2 Å². The van der Waals surface area contributed by atoms with E-state index >= 15 is 0 Å². The zero-order valence-corrected chi connectivity index (χ0v) is 13.2. The Balaban J connectivity index is 2.26. The molecule has 0 aliphatic carbocycles. The van der Waals surface area contributed by atoms with E-state index in [1.54, 1.807) is 14.2 Å². The maximum Gasteiger partial charge on any atom is 0.124 e. The van der Waals surface area contributed by atoms with Gasteiger partial charge in [-0.3, -0.25) is 0 Å². The minimum absolute atomic E-state index is 0.144. The van der Waals surface area contributed by atoms with E-state index in [0.717, 1.165) is 27.1 Å². The highest BCUT2D eigenvalue weighted by atomic mass is 79.9. The fourth-order valence-electron chi connectivity index (χ4n) is 2.21. The number of rotatable bonds is 5. The van der Waals surface area contributed by atoms with Crippen molar-refractivity contribution in [3.8, 4) is 11.5 Å². The van der Waals surface area contributed by atoms with Gasteiger partial charge < -0.3 is 15.2 Å². The zero-order chi connectivity index (χ0) is 14.5. The Morgan fingerprint density at radius 1 is 1.05 bits per heavy atom. The van der Waals surface area contributed by atoms with E-state index in [1.807, 2.05) is 42.5 Å². The lowest BCUT2D eigenvalue weighted by Gasteiger charge is -2.17. The van der Waals surface area contributed by atoms with Crippen molar-refractivity contribution in [2.75, 3.05) is 14.2 Å². The topological polar surface area (TPSA) is 44.5 Å². The minimum atomic E-state index is -0.144. The predicted molar refractivity (Wildman–Crippen MR) is 84.3 cm³/mol. The summed E-state index contributed by atoms with van der Waals surface area (Å²) < 4.78 is 11.7. The Bertz CT molecular complexity index is 586. The molecular formula is C16H18BrNO2. The number of benzene rings is 2. The summed E-state index contributed by atoms with van der Waals surface area (Å²) in [5.41, 5.74) is 8.40. The van der Waals surface area contributed by atoms with E-state index in [2.05, 4.69) is 15.9 Å². The maximum atomic E-state index is 6.33. The van der Waals surface area contributed by atoms with Crippen LogP contribution in [0.4, 0.5) is 0 Å². The Labute approximate surface area is 127 Å². The summed E-state index contributed by atoms with van der Waals surface area (Å²) in [5, 5.41) is 0. The SMILES string of the molecule is COc1ccccc1CC(N)c1ccc(Br)cc1OC. The van der Waals surface area contributed by atoms with Gasteiger partial charge in [0.2, 0.25) is 0 Å². The van der Waals surface area contributed by atoms with E-state index in [1.165, 1.54) is 0 Å². The van der Waals surface area contributed by atoms with E-state index in [4.69, 9.17) is 15.2 Å². The molecule has 0 radical (unpaired) electrons. The van der Waals surface area contributed by atoms with Crippen LogP contribution in [0.15, 0.2) is 46.9 Å². The third-order valence-electron chi connectivity index (χ3n) is 3.23. The Morgan fingerprint density at radius 2 is 1.75 bits per heavy atom. The average Bonchev–Trinajstić information content (AvgIpc) is 2.47. The van der Waals surface area contributed by atoms with Crippen molar-refractivity contribution in [3.63, 3.8) is 0 Å². The molecule has 0 saturated carbocycles. The van der Waals surface area contributed by atoms with E-state index in [-0.39, 0.29) is 6.04 Å². The quantitative estimate of drug-likeness (QED) is 0.905. The monoisotopic (exact) mass is 335 g/mol. The Hall–Kier alpha value is -1.52. The summed E-state index contributed by atoms with van der Waals surface area (Å²) >= 11 is 3.44. The minimum Gasteiger partial charge on any atom is -0.496 e. The summed E-state index contributed by atoms with van der Waals surface area (Å²) in [4.78, 5) is 0. The average molecular weight is 336 g/mol. The first kappa shape index (κ1) is 14.9. The van der Waals surface area contributed by atoms with Crippen molar-refractivity contribution in [3.05, 3.63) is 58.1 Å². The summed E-state index contributed by atoms with van der Waals surface area (Å²) in [6.07, 6.45) is 0.696. The molecule has 0 aromatic heterocycles. The second-order valence-corrected chi connectivity index (χ2v) is 5.42. The molecule has 2 aromatic carbocycles. The molecule has 1 unspecified atom stereocenters. The number of para-hydroxylation sites is 1. The van der Waals surface area contributed by atoms with Crippen molar-refractivity contribution in [1.29, 1.82) is 0 Å². The molecule has 0 heterocycles. The first-order chi connectivity index (χ1) is 9.65. The second-order valence-electron chi connectivity index (χ2n) is 4.51. The molecule has 4 heteroatoms. The first-order valence-corrected chi connectivity index (χ1v) is 7.16. The van der Waals surface area contributed by atoms with Crippen LogP contribution in [-0.2, 0) is 6.42 Å². The molecule has 0 aliphatic heterocycles. The molecule has 2 N–H and O–H groups in total. The van der Waals surface area contributed by atoms with Crippen LogP contribution in [0.25, 0.3) is 0 Å². The van der Waals surface area contributed by atoms with Gasteiger partial charge in [0, 0.05) is 16.1 Å². The maximum absolute atomic E-state index is 6.33. The van der Waals surface area contributed by atoms with Crippen LogP contribution in [0.2, 0.25) is 0 Å². The van der Waals surface area contributed by atoms with Gasteiger partial charge in [0.05, 0.1) is 14.2 Å². The van der Waals surface area contributed by atoms with Crippen molar-refractivity contribution < 1.29 is 9.47 Å². The van der Waals surface area contributed by atoms with Crippen molar-refractivity contribution in [2.45, 2.75) is 12.5 Å². The van der Waals surface area contributed by atoms with Crippen LogP contribution >= 0.6 is 15.9 Å². The molecule has 3 nitrogen and oxygen atoms in total. The van der Waals surface area contributed by atoms with Crippen LogP contribution in [0.3, 0.4) is 0 Å². The molecule has 0 aliphatic rings. The molecule has 0 spiro atoms. The van der Waals surface area contributed by atoms with Gasteiger partial charge in [-0.25, -0.2) is 0 Å². The smallest absolute Gasteiger partial charge is 0.124 e. The number of methoxy groups -OCH3 is 2. The highest BCUT2D eigenvalue weighted by Crippen LogP contribution is 2.31. The molecular weight excluding hydrogens is 318 g/mol. The third kappa shape index (κ3) is 3.32. The fourth-order valence-corrected chi connectivity index (χ4v) is 2.55. The number of hydrogen-bond donors (Lipinski definition) is 1. The number of nitrogens with two attached hydrogens (primary N) is 1. The van der Waals surface area contributed by atoms with Crippen LogP contribution < -0.4 is 15.2 Å². The summed E-state index contributed by atoms with van der Waals surface area (Å²) in [5.74, 6) is 1.65. The van der Waals surface area contributed by atoms with Gasteiger partial charge in [0.25, 0.3) is 0 Å². The molecule has 20 heavy (non-hydrogen) atoms. The van der Waals surface area contributed by atoms with Gasteiger partial charge in [0.15, 0.2) is 0 Å². The van der Waals surface area contributed by atoms with Gasteiger partial charge in [-0.15, -0.1) is 0 Å². The van der Waals surface area contributed by atoms with E-state index in [0.29, 0.717) is 6.42 Å². The van der Waals surface area contributed by atoms with E-state index < -0.39 is 0 Å². The lowest BCUT2D eigenvalue weighted by Crippen LogP contribution is -2.15. The van der Waals surface area contributed by atoms with Gasteiger partial charge in [-0.1, -0.05) is 40.2 Å². The van der Waals surface area contributed by atoms with E-state index in [9.17, 15) is 0 Å². The van der Waals surface area contributed by atoms with Crippen molar-refractivity contribution in [1.82, 2.24) is 0 Å². The number of halogens is 1. The largest absolute Gasteiger partial charge is 0.496 e. The van der Waals surface area contributed by atoms with Gasteiger partial charge >= 0.3 is 0 Å². The summed E-state index contributed by atoms with van der Waals surface area (Å²) in [6, 6.07) is 13.7. The van der Waals surface area contributed by atoms with Crippen molar-refractivity contribution in [2.24, 2.45) is 5.73 Å². The normalized spacial score (nSPS) is 12.0. The lowest BCUT2D eigenvalue weighted by molar-refractivity contribution is 0.400. The van der Waals surface area contributed by atoms with Crippen LogP contribution in [0.5, 0.6) is 11.5 Å². The highest BCUT2D eigenvalue weighted by molar-refractivity contribution is 9.10. The molecule has 0 fully saturated rings. The van der Waals surface area contributed by atoms with Crippen LogP contribution in [0, 0.1) is 0 Å². The molecule has 2 aromatic rings. The number of hydrogen-bond acceptors (Lipinski definition) is 3. The molecule has 2 rings (SSSR count). The molecule has 0 saturated heterocycles. The standard InChI is InChI=1S/C16H18BrNO2/c1-19-15-6-4-3-5-11(15)9-14(18)13-8-7-12(17)10-16(13)20-2/h3-8,10,14H,9,18H2,1-2H3. The molecule has 106 valence electrons. The summed E-state index contributed by atoms with van der Waals surface area (Å²) in [6.45, 7) is 0. The number of ether oxygens (including phenoxy) is 2. The van der Waals surface area contributed by atoms with Gasteiger partial charge in [-0.2, -0.15) is 0 Å². The van der Waals surface area contributed by atoms with Crippen molar-refractivity contribution >= 4 is 15.9 Å². The fraction of sp³-hybridized carbons (Fsp3) is 0.250. The Morgan fingerprint density at radius 3 is 2.45 bits per heavy atom. The molecule has 0 amide bonds. The van der Waals surface area contributed by atoms with Gasteiger partial charge in [-0.05, 0) is 30.2 Å². The van der Waals surface area contributed by atoms with Gasteiger partial charge in [0.1, 0.15) is 11.5 Å². The van der Waals surface area contributed by atoms with Crippen LogP contribution in [0.1, 0.15) is 17.2 Å². The molecule has 0 bridgehead atoms.